The number of aryl methyl sites for hydroxylation is 1. The van der Waals surface area contributed by atoms with E-state index in [1.54, 1.807) is 23.6 Å². The van der Waals surface area contributed by atoms with Gasteiger partial charge in [-0.25, -0.2) is 15.8 Å². The number of pyridine rings is 1. The van der Waals surface area contributed by atoms with E-state index in [2.05, 4.69) is 27.6 Å². The molecule has 0 spiro atoms. The van der Waals surface area contributed by atoms with Gasteiger partial charge in [-0.2, -0.15) is 0 Å². The minimum atomic E-state index is -0.122. The van der Waals surface area contributed by atoms with Crippen molar-refractivity contribution in [3.63, 3.8) is 0 Å². The number of aromatic nitrogens is 2. The molecule has 7 heteroatoms. The van der Waals surface area contributed by atoms with Gasteiger partial charge in [0.25, 0.3) is 5.91 Å². The van der Waals surface area contributed by atoms with Gasteiger partial charge in [-0.3, -0.25) is 4.79 Å². The molecular weight excluding hydrogens is 286 g/mol. The van der Waals surface area contributed by atoms with E-state index in [4.69, 9.17) is 5.84 Å². The molecule has 0 saturated heterocycles. The van der Waals surface area contributed by atoms with Gasteiger partial charge in [0.2, 0.25) is 0 Å². The maximum atomic E-state index is 12.2. The van der Waals surface area contributed by atoms with Crippen LogP contribution in [0.3, 0.4) is 0 Å². The second-order valence-electron chi connectivity index (χ2n) is 4.56. The molecule has 0 unspecified atom stereocenters. The first-order chi connectivity index (χ1) is 10.2. The molecule has 0 fully saturated rings. The van der Waals surface area contributed by atoms with Crippen molar-refractivity contribution in [3.8, 4) is 0 Å². The standard InChI is InChI=1S/C14H19N5OS/c1-2-3-11-8-10(9-12(18-11)19-15)14(20)17-5-4-13-16-6-7-21-13/h6-9H,2-5,15H2,1H3,(H,17,20)(H,18,19). The van der Waals surface area contributed by atoms with Crippen LogP contribution in [0.5, 0.6) is 0 Å². The highest BCUT2D eigenvalue weighted by molar-refractivity contribution is 7.09. The number of carbonyl (C=O) groups is 1. The van der Waals surface area contributed by atoms with E-state index in [9.17, 15) is 4.79 Å². The Labute approximate surface area is 127 Å². The number of nitrogens with two attached hydrogens (primary N) is 1. The highest BCUT2D eigenvalue weighted by atomic mass is 32.1. The number of nitrogens with one attached hydrogen (secondary N) is 2. The Morgan fingerprint density at radius 2 is 2.24 bits per heavy atom. The van der Waals surface area contributed by atoms with E-state index < -0.39 is 0 Å². The molecule has 21 heavy (non-hydrogen) atoms. The van der Waals surface area contributed by atoms with Crippen molar-refractivity contribution >= 4 is 23.1 Å². The van der Waals surface area contributed by atoms with Crippen LogP contribution in [0.4, 0.5) is 5.82 Å². The summed E-state index contributed by atoms with van der Waals surface area (Å²) in [6, 6.07) is 3.46. The van der Waals surface area contributed by atoms with Crippen molar-refractivity contribution in [3.05, 3.63) is 40.0 Å². The van der Waals surface area contributed by atoms with E-state index in [0.29, 0.717) is 17.9 Å². The second-order valence-corrected chi connectivity index (χ2v) is 5.54. The van der Waals surface area contributed by atoms with Crippen molar-refractivity contribution < 1.29 is 4.79 Å². The number of nitrogen functional groups attached to an aromatic ring is 1. The average molecular weight is 305 g/mol. The number of hydrazine groups is 1. The summed E-state index contributed by atoms with van der Waals surface area (Å²) >= 11 is 1.59. The number of hydrogen-bond acceptors (Lipinski definition) is 6. The van der Waals surface area contributed by atoms with Gasteiger partial charge in [0.15, 0.2) is 0 Å². The third-order valence-electron chi connectivity index (χ3n) is 2.90. The number of amides is 1. The lowest BCUT2D eigenvalue weighted by atomic mass is 10.1. The highest BCUT2D eigenvalue weighted by Gasteiger charge is 2.09. The van der Waals surface area contributed by atoms with E-state index >= 15 is 0 Å². The Morgan fingerprint density at radius 3 is 2.90 bits per heavy atom. The van der Waals surface area contributed by atoms with Crippen molar-refractivity contribution in [2.45, 2.75) is 26.2 Å². The zero-order valence-electron chi connectivity index (χ0n) is 11.9. The molecule has 4 N–H and O–H groups in total. The lowest BCUT2D eigenvalue weighted by molar-refractivity contribution is 0.0954. The van der Waals surface area contributed by atoms with Crippen molar-refractivity contribution in [2.24, 2.45) is 5.84 Å². The molecule has 6 nitrogen and oxygen atoms in total. The molecule has 0 atom stereocenters. The predicted molar refractivity (Wildman–Crippen MR) is 84.2 cm³/mol. The van der Waals surface area contributed by atoms with Gasteiger partial charge in [-0.15, -0.1) is 11.3 Å². The topological polar surface area (TPSA) is 92.9 Å². The number of rotatable bonds is 7. The normalized spacial score (nSPS) is 10.4. The summed E-state index contributed by atoms with van der Waals surface area (Å²) in [7, 11) is 0. The van der Waals surface area contributed by atoms with Gasteiger partial charge in [0.05, 0.1) is 5.01 Å². The van der Waals surface area contributed by atoms with E-state index in [0.717, 1.165) is 30.0 Å². The summed E-state index contributed by atoms with van der Waals surface area (Å²) in [5, 5.41) is 5.83. The minimum Gasteiger partial charge on any atom is -0.352 e. The molecule has 0 aromatic carbocycles. The monoisotopic (exact) mass is 305 g/mol. The van der Waals surface area contributed by atoms with Gasteiger partial charge < -0.3 is 10.7 Å². The van der Waals surface area contributed by atoms with Crippen molar-refractivity contribution in [1.29, 1.82) is 0 Å². The van der Waals surface area contributed by atoms with Crippen LogP contribution < -0.4 is 16.6 Å². The molecule has 0 aliphatic rings. The average Bonchev–Trinajstić information content (AvgIpc) is 3.00. The third-order valence-corrected chi connectivity index (χ3v) is 3.74. The summed E-state index contributed by atoms with van der Waals surface area (Å²) in [4.78, 5) is 20.7. The Hall–Kier alpha value is -1.99. The minimum absolute atomic E-state index is 0.122. The van der Waals surface area contributed by atoms with Crippen LogP contribution in [-0.2, 0) is 12.8 Å². The molecule has 2 heterocycles. The maximum Gasteiger partial charge on any atom is 0.251 e. The van der Waals surface area contributed by atoms with E-state index in [-0.39, 0.29) is 5.91 Å². The SMILES string of the molecule is CCCc1cc(C(=O)NCCc2nccs2)cc(NN)n1. The lowest BCUT2D eigenvalue weighted by Gasteiger charge is -2.08. The predicted octanol–water partition coefficient (Wildman–Crippen LogP) is 1.75. The molecule has 1 amide bonds. The van der Waals surface area contributed by atoms with Crippen LogP contribution in [0.2, 0.25) is 0 Å². The summed E-state index contributed by atoms with van der Waals surface area (Å²) < 4.78 is 0. The maximum absolute atomic E-state index is 12.2. The fraction of sp³-hybridized carbons (Fsp3) is 0.357. The Kier molecular flexibility index (Phi) is 5.65. The van der Waals surface area contributed by atoms with E-state index in [1.165, 1.54) is 0 Å². The number of nitrogens with zero attached hydrogens (tertiary/aromatic N) is 2. The summed E-state index contributed by atoms with van der Waals surface area (Å²) in [5.74, 6) is 5.78. The molecule has 2 aromatic rings. The molecule has 0 radical (unpaired) electrons. The fourth-order valence-corrected chi connectivity index (χ4v) is 2.56. The number of hydrogen-bond donors (Lipinski definition) is 3. The quantitative estimate of drug-likeness (QED) is 0.535. The third kappa shape index (κ3) is 4.51. The van der Waals surface area contributed by atoms with Crippen LogP contribution in [0.1, 0.15) is 34.4 Å². The summed E-state index contributed by atoms with van der Waals surface area (Å²) in [5.41, 5.74) is 3.93. The van der Waals surface area contributed by atoms with Gasteiger partial charge in [0.1, 0.15) is 5.82 Å². The van der Waals surface area contributed by atoms with Gasteiger partial charge in [-0.05, 0) is 18.6 Å². The second kappa shape index (κ2) is 7.70. The van der Waals surface area contributed by atoms with Crippen LogP contribution >= 0.6 is 11.3 Å². The van der Waals surface area contributed by atoms with E-state index in [1.807, 2.05) is 11.4 Å². The zero-order valence-corrected chi connectivity index (χ0v) is 12.7. The van der Waals surface area contributed by atoms with Crippen LogP contribution in [0.15, 0.2) is 23.7 Å². The molecular formula is C14H19N5OS. The molecule has 2 aromatic heterocycles. The Balaban J connectivity index is 1.98. The molecule has 112 valence electrons. The number of anilines is 1. The number of carbonyl (C=O) groups excluding carboxylic acids is 1. The fourth-order valence-electron chi connectivity index (χ4n) is 1.94. The summed E-state index contributed by atoms with van der Waals surface area (Å²) in [6.45, 7) is 2.63. The Bertz CT molecular complexity index is 585. The molecule has 0 aliphatic carbocycles. The first kappa shape index (κ1) is 15.4. The molecule has 2 rings (SSSR count). The van der Waals surface area contributed by atoms with Gasteiger partial charge >= 0.3 is 0 Å². The summed E-state index contributed by atoms with van der Waals surface area (Å²) in [6.07, 6.45) is 4.28. The zero-order chi connectivity index (χ0) is 15.1. The molecule has 0 bridgehead atoms. The Morgan fingerprint density at radius 1 is 1.38 bits per heavy atom. The van der Waals surface area contributed by atoms with Crippen LogP contribution in [0, 0.1) is 0 Å². The first-order valence-electron chi connectivity index (χ1n) is 6.87. The molecule has 0 aliphatic heterocycles. The van der Waals surface area contributed by atoms with Crippen molar-refractivity contribution in [1.82, 2.24) is 15.3 Å². The largest absolute Gasteiger partial charge is 0.352 e. The molecule has 0 saturated carbocycles. The highest BCUT2D eigenvalue weighted by Crippen LogP contribution is 2.11. The lowest BCUT2D eigenvalue weighted by Crippen LogP contribution is -2.26. The van der Waals surface area contributed by atoms with Gasteiger partial charge in [-0.1, -0.05) is 13.3 Å². The number of thiazole rings is 1. The van der Waals surface area contributed by atoms with Gasteiger partial charge in [0, 0.05) is 35.8 Å². The first-order valence-corrected chi connectivity index (χ1v) is 7.75. The van der Waals surface area contributed by atoms with Crippen LogP contribution in [-0.4, -0.2) is 22.4 Å². The smallest absolute Gasteiger partial charge is 0.251 e. The van der Waals surface area contributed by atoms with Crippen molar-refractivity contribution in [2.75, 3.05) is 12.0 Å². The van der Waals surface area contributed by atoms with Crippen LogP contribution in [0.25, 0.3) is 0 Å².